The van der Waals surface area contributed by atoms with Crippen LogP contribution in [0.25, 0.3) is 0 Å². The van der Waals surface area contributed by atoms with Crippen molar-refractivity contribution in [2.75, 3.05) is 7.11 Å². The molecule has 0 aliphatic carbocycles. The van der Waals surface area contributed by atoms with Crippen molar-refractivity contribution in [3.63, 3.8) is 0 Å². The Morgan fingerprint density at radius 3 is 1.27 bits per heavy atom. The summed E-state index contributed by atoms with van der Waals surface area (Å²) in [6.45, 7) is 16.5. The minimum atomic E-state index is 0.484. The predicted octanol–water partition coefficient (Wildman–Crippen LogP) is 9.31. The molecule has 0 saturated heterocycles. The van der Waals surface area contributed by atoms with Crippen LogP contribution in [0.2, 0.25) is 0 Å². The van der Waals surface area contributed by atoms with Gasteiger partial charge in [-0.05, 0) is 30.2 Å². The molecular weight excluding hydrogens is 364 g/mol. The maximum absolute atomic E-state index is 4.97. The van der Waals surface area contributed by atoms with Crippen molar-refractivity contribution >= 4 is 0 Å². The molecule has 0 N–H and O–H groups in total. The summed E-state index contributed by atoms with van der Waals surface area (Å²) in [5.41, 5.74) is 4.01. The first-order chi connectivity index (χ1) is 14.6. The summed E-state index contributed by atoms with van der Waals surface area (Å²) in [7, 11) is 1.67. The standard InChI is InChI=1S/C14H14.C8H10O.C3H8.2C2H6/c1-12(13-8-4-2-5-9-13)14-10-6-3-7-11-14;1-7-3-5-8(9-2)6-4-7;1-3-2;2*1-2/h2-12H,1H3;3-6H,1-2H3;3H2,1-2H3;2*1-2H3. The van der Waals surface area contributed by atoms with Crippen LogP contribution in [0.5, 0.6) is 5.75 Å². The zero-order valence-corrected chi connectivity index (χ0v) is 20.8. The molecule has 1 nitrogen and oxygen atoms in total. The molecule has 0 bridgehead atoms. The second kappa shape index (κ2) is 21.2. The van der Waals surface area contributed by atoms with Crippen molar-refractivity contribution in [1.29, 1.82) is 0 Å². The second-order valence-corrected chi connectivity index (χ2v) is 6.27. The highest BCUT2D eigenvalue weighted by Gasteiger charge is 2.05. The lowest BCUT2D eigenvalue weighted by Crippen LogP contribution is -1.94. The van der Waals surface area contributed by atoms with Crippen LogP contribution < -0.4 is 4.74 Å². The van der Waals surface area contributed by atoms with Gasteiger partial charge in [-0.2, -0.15) is 0 Å². The van der Waals surface area contributed by atoms with E-state index in [4.69, 9.17) is 4.74 Å². The molecule has 0 amide bonds. The largest absolute Gasteiger partial charge is 0.497 e. The molecular formula is C29H44O. The molecule has 0 aliphatic rings. The van der Waals surface area contributed by atoms with Gasteiger partial charge in [-0.15, -0.1) is 0 Å². The highest BCUT2D eigenvalue weighted by molar-refractivity contribution is 5.31. The molecule has 0 spiro atoms. The van der Waals surface area contributed by atoms with E-state index in [0.717, 1.165) is 5.75 Å². The first-order valence-corrected chi connectivity index (χ1v) is 11.3. The predicted molar refractivity (Wildman–Crippen MR) is 137 cm³/mol. The summed E-state index contributed by atoms with van der Waals surface area (Å²) in [6, 6.07) is 29.2. The highest BCUT2D eigenvalue weighted by atomic mass is 16.5. The summed E-state index contributed by atoms with van der Waals surface area (Å²) in [5, 5.41) is 0. The zero-order valence-electron chi connectivity index (χ0n) is 20.8. The number of benzene rings is 3. The summed E-state index contributed by atoms with van der Waals surface area (Å²) < 4.78 is 4.97. The van der Waals surface area contributed by atoms with E-state index in [1.165, 1.54) is 23.1 Å². The molecule has 3 aromatic rings. The lowest BCUT2D eigenvalue weighted by molar-refractivity contribution is 0.414. The topological polar surface area (TPSA) is 9.23 Å². The van der Waals surface area contributed by atoms with Crippen LogP contribution in [-0.4, -0.2) is 7.11 Å². The Kier molecular flexibility index (Phi) is 20.9. The Hall–Kier alpha value is -2.54. The minimum Gasteiger partial charge on any atom is -0.497 e. The van der Waals surface area contributed by atoms with Crippen molar-refractivity contribution in [3.05, 3.63) is 102 Å². The van der Waals surface area contributed by atoms with Gasteiger partial charge >= 0.3 is 0 Å². The van der Waals surface area contributed by atoms with Gasteiger partial charge < -0.3 is 4.74 Å². The number of hydrogen-bond donors (Lipinski definition) is 0. The first kappa shape index (κ1) is 29.7. The normalized spacial score (nSPS) is 8.60. The monoisotopic (exact) mass is 408 g/mol. The van der Waals surface area contributed by atoms with Crippen LogP contribution >= 0.6 is 0 Å². The van der Waals surface area contributed by atoms with Gasteiger partial charge in [0.25, 0.3) is 0 Å². The molecule has 0 aromatic heterocycles. The molecule has 0 atom stereocenters. The second-order valence-electron chi connectivity index (χ2n) is 6.27. The van der Waals surface area contributed by atoms with Crippen molar-refractivity contribution in [2.45, 2.75) is 67.7 Å². The molecule has 0 unspecified atom stereocenters. The quantitative estimate of drug-likeness (QED) is 0.419. The maximum Gasteiger partial charge on any atom is 0.118 e. The third-order valence-corrected chi connectivity index (χ3v) is 3.86. The average molecular weight is 409 g/mol. The molecule has 1 heteroatoms. The van der Waals surface area contributed by atoms with E-state index in [0.29, 0.717) is 5.92 Å². The van der Waals surface area contributed by atoms with Crippen LogP contribution in [0.15, 0.2) is 84.9 Å². The molecule has 3 rings (SSSR count). The van der Waals surface area contributed by atoms with E-state index >= 15 is 0 Å². The van der Waals surface area contributed by atoms with Gasteiger partial charge in [0.2, 0.25) is 0 Å². The summed E-state index contributed by atoms with van der Waals surface area (Å²) in [4.78, 5) is 0. The molecule has 0 fully saturated rings. The average Bonchev–Trinajstić information content (AvgIpc) is 2.84. The number of ether oxygens (including phenoxy) is 1. The van der Waals surface area contributed by atoms with Crippen LogP contribution in [0.1, 0.15) is 77.5 Å². The Labute approximate surface area is 187 Å². The molecule has 0 aliphatic heterocycles. The fraction of sp³-hybridized carbons (Fsp3) is 0.379. The number of rotatable bonds is 3. The molecule has 30 heavy (non-hydrogen) atoms. The van der Waals surface area contributed by atoms with Gasteiger partial charge in [0, 0.05) is 5.92 Å². The van der Waals surface area contributed by atoms with Crippen molar-refractivity contribution in [3.8, 4) is 5.75 Å². The smallest absolute Gasteiger partial charge is 0.118 e. The number of methoxy groups -OCH3 is 1. The van der Waals surface area contributed by atoms with Crippen LogP contribution in [0, 0.1) is 6.92 Å². The third-order valence-electron chi connectivity index (χ3n) is 3.86. The van der Waals surface area contributed by atoms with Crippen LogP contribution in [0.4, 0.5) is 0 Å². The first-order valence-electron chi connectivity index (χ1n) is 11.3. The lowest BCUT2D eigenvalue weighted by atomic mass is 9.93. The Morgan fingerprint density at radius 1 is 0.633 bits per heavy atom. The zero-order chi connectivity index (χ0) is 23.2. The molecule has 166 valence electrons. The van der Waals surface area contributed by atoms with Crippen LogP contribution in [0.3, 0.4) is 0 Å². The Morgan fingerprint density at radius 2 is 0.967 bits per heavy atom. The molecule has 0 saturated carbocycles. The van der Waals surface area contributed by atoms with E-state index in [1.54, 1.807) is 7.11 Å². The van der Waals surface area contributed by atoms with Crippen molar-refractivity contribution < 1.29 is 4.74 Å². The Bertz CT molecular complexity index is 648. The van der Waals surface area contributed by atoms with E-state index in [9.17, 15) is 0 Å². The van der Waals surface area contributed by atoms with Gasteiger partial charge in [0.15, 0.2) is 0 Å². The summed E-state index contributed by atoms with van der Waals surface area (Å²) in [6.07, 6.45) is 1.25. The maximum atomic E-state index is 4.97. The van der Waals surface area contributed by atoms with Gasteiger partial charge in [0.05, 0.1) is 7.11 Å². The molecule has 3 aromatic carbocycles. The minimum absolute atomic E-state index is 0.484. The van der Waals surface area contributed by atoms with Gasteiger partial charge in [-0.25, -0.2) is 0 Å². The van der Waals surface area contributed by atoms with Gasteiger partial charge in [-0.1, -0.05) is 133 Å². The van der Waals surface area contributed by atoms with Crippen molar-refractivity contribution in [1.82, 2.24) is 0 Å². The molecule has 0 heterocycles. The van der Waals surface area contributed by atoms with Crippen molar-refractivity contribution in [2.24, 2.45) is 0 Å². The van der Waals surface area contributed by atoms with Gasteiger partial charge in [-0.3, -0.25) is 0 Å². The van der Waals surface area contributed by atoms with E-state index < -0.39 is 0 Å². The number of aryl methyl sites for hydroxylation is 1. The van der Waals surface area contributed by atoms with E-state index in [1.807, 2.05) is 52.0 Å². The summed E-state index contributed by atoms with van der Waals surface area (Å²) in [5.74, 6) is 1.40. The highest BCUT2D eigenvalue weighted by Crippen LogP contribution is 2.22. The van der Waals surface area contributed by atoms with Crippen LogP contribution in [-0.2, 0) is 0 Å². The lowest BCUT2D eigenvalue weighted by Gasteiger charge is -2.11. The van der Waals surface area contributed by atoms with E-state index in [-0.39, 0.29) is 0 Å². The molecule has 0 radical (unpaired) electrons. The third kappa shape index (κ3) is 13.6. The fourth-order valence-electron chi connectivity index (χ4n) is 2.35. The fourth-order valence-corrected chi connectivity index (χ4v) is 2.35. The Balaban J connectivity index is 0. The van der Waals surface area contributed by atoms with Gasteiger partial charge in [0.1, 0.15) is 5.75 Å². The SMILES string of the molecule is CC.CC.CC(c1ccccc1)c1ccccc1.CCC.COc1ccc(C)cc1. The van der Waals surface area contributed by atoms with E-state index in [2.05, 4.69) is 88.4 Å². The number of hydrogen-bond acceptors (Lipinski definition) is 1. The summed E-state index contributed by atoms with van der Waals surface area (Å²) >= 11 is 0.